The lowest BCUT2D eigenvalue weighted by Gasteiger charge is -2.33. The minimum absolute atomic E-state index is 0.889. The highest BCUT2D eigenvalue weighted by atomic mass is 15.3. The van der Waals surface area contributed by atoms with E-state index in [9.17, 15) is 0 Å². The van der Waals surface area contributed by atoms with Gasteiger partial charge in [0.1, 0.15) is 0 Å². The van der Waals surface area contributed by atoms with Gasteiger partial charge in [0, 0.05) is 26.2 Å². The molecule has 0 atom stereocenters. The Morgan fingerprint density at radius 2 is 1.70 bits per heavy atom. The zero-order chi connectivity index (χ0) is 13.9. The van der Waals surface area contributed by atoms with Crippen LogP contribution in [0.15, 0.2) is 4.99 Å². The van der Waals surface area contributed by atoms with Gasteiger partial charge in [-0.25, -0.2) is 0 Å². The first-order chi connectivity index (χ1) is 9.78. The Hall–Kier alpha value is -0.730. The van der Waals surface area contributed by atoms with Gasteiger partial charge in [0.15, 0.2) is 5.96 Å². The largest absolute Gasteiger partial charge is 0.357 e. The molecule has 1 heterocycles. The fourth-order valence-electron chi connectivity index (χ4n) is 3.57. The second kappa shape index (κ2) is 6.36. The van der Waals surface area contributed by atoms with Gasteiger partial charge in [-0.3, -0.25) is 4.99 Å². The maximum atomic E-state index is 5.02. The lowest BCUT2D eigenvalue weighted by atomic mass is 9.98. The van der Waals surface area contributed by atoms with Crippen LogP contribution in [-0.4, -0.2) is 37.0 Å². The highest BCUT2D eigenvalue weighted by Crippen LogP contribution is 2.49. The molecular formula is C17H31N3. The van der Waals surface area contributed by atoms with Gasteiger partial charge in [-0.1, -0.05) is 6.92 Å². The monoisotopic (exact) mass is 277 g/mol. The molecule has 0 aromatic rings. The van der Waals surface area contributed by atoms with Crippen molar-refractivity contribution in [1.82, 2.24) is 10.2 Å². The fourth-order valence-corrected chi connectivity index (χ4v) is 3.57. The van der Waals surface area contributed by atoms with Gasteiger partial charge in [-0.05, 0) is 69.1 Å². The number of nitrogens with one attached hydrogen (secondary N) is 1. The van der Waals surface area contributed by atoms with Crippen molar-refractivity contribution in [3.63, 3.8) is 0 Å². The second-order valence-electron chi connectivity index (χ2n) is 7.20. The van der Waals surface area contributed by atoms with Gasteiger partial charge in [-0.2, -0.15) is 0 Å². The maximum absolute atomic E-state index is 5.02. The molecule has 0 radical (unpaired) electrons. The van der Waals surface area contributed by atoms with Crippen LogP contribution in [0.2, 0.25) is 0 Å². The Morgan fingerprint density at radius 1 is 1.10 bits per heavy atom. The number of rotatable bonds is 5. The van der Waals surface area contributed by atoms with E-state index in [1.54, 1.807) is 0 Å². The lowest BCUT2D eigenvalue weighted by molar-refractivity contribution is 0.272. The average molecular weight is 277 g/mol. The molecule has 3 aliphatic rings. The maximum Gasteiger partial charge on any atom is 0.193 e. The van der Waals surface area contributed by atoms with Crippen LogP contribution in [0.4, 0.5) is 0 Å². The molecule has 0 unspecified atom stereocenters. The number of hydrogen-bond donors (Lipinski definition) is 1. The normalized spacial score (nSPS) is 25.4. The smallest absolute Gasteiger partial charge is 0.193 e. The molecule has 114 valence electrons. The van der Waals surface area contributed by atoms with Gasteiger partial charge in [0.2, 0.25) is 0 Å². The van der Waals surface area contributed by atoms with Crippen LogP contribution in [-0.2, 0) is 0 Å². The Kier molecular flexibility index (Phi) is 4.52. The third-order valence-electron chi connectivity index (χ3n) is 5.32. The molecule has 0 amide bonds. The first kappa shape index (κ1) is 14.2. The quantitative estimate of drug-likeness (QED) is 0.617. The molecule has 20 heavy (non-hydrogen) atoms. The Bertz CT molecular complexity index is 324. The van der Waals surface area contributed by atoms with Crippen molar-refractivity contribution in [2.75, 3.05) is 26.2 Å². The van der Waals surface area contributed by atoms with Crippen LogP contribution in [0.3, 0.4) is 0 Å². The van der Waals surface area contributed by atoms with Crippen LogP contribution >= 0.6 is 0 Å². The van der Waals surface area contributed by atoms with E-state index in [0.29, 0.717) is 0 Å². The van der Waals surface area contributed by atoms with Crippen molar-refractivity contribution < 1.29 is 0 Å². The molecule has 2 aliphatic carbocycles. The molecule has 2 saturated carbocycles. The third kappa shape index (κ3) is 3.67. The summed E-state index contributed by atoms with van der Waals surface area (Å²) in [6.45, 7) is 8.99. The standard InChI is InChI=1S/C17H31N3/c1-3-18-17(20-10-8-13(2)9-11-20)19-12-16(14-4-5-14)15-6-7-15/h13-16H,3-12H2,1-2H3,(H,18,19). The summed E-state index contributed by atoms with van der Waals surface area (Å²) in [4.78, 5) is 7.50. The van der Waals surface area contributed by atoms with Crippen LogP contribution in [0.25, 0.3) is 0 Å². The van der Waals surface area contributed by atoms with Crippen LogP contribution in [0.5, 0.6) is 0 Å². The number of piperidine rings is 1. The van der Waals surface area contributed by atoms with E-state index in [-0.39, 0.29) is 0 Å². The number of hydrogen-bond acceptors (Lipinski definition) is 1. The summed E-state index contributed by atoms with van der Waals surface area (Å²) in [6, 6.07) is 0. The highest BCUT2D eigenvalue weighted by Gasteiger charge is 2.41. The van der Waals surface area contributed by atoms with Crippen molar-refractivity contribution in [3.05, 3.63) is 0 Å². The van der Waals surface area contributed by atoms with E-state index in [2.05, 4.69) is 24.1 Å². The molecule has 1 saturated heterocycles. The van der Waals surface area contributed by atoms with Crippen molar-refractivity contribution in [2.24, 2.45) is 28.7 Å². The topological polar surface area (TPSA) is 27.6 Å². The lowest BCUT2D eigenvalue weighted by Crippen LogP contribution is -2.45. The molecule has 0 aromatic heterocycles. The van der Waals surface area contributed by atoms with Gasteiger partial charge >= 0.3 is 0 Å². The first-order valence-corrected chi connectivity index (χ1v) is 8.81. The van der Waals surface area contributed by atoms with Gasteiger partial charge in [0.05, 0.1) is 0 Å². The average Bonchev–Trinajstić information content (AvgIpc) is 3.32. The van der Waals surface area contributed by atoms with Crippen molar-refractivity contribution in [3.8, 4) is 0 Å². The van der Waals surface area contributed by atoms with Gasteiger partial charge in [0.25, 0.3) is 0 Å². The fraction of sp³-hybridized carbons (Fsp3) is 0.941. The van der Waals surface area contributed by atoms with E-state index in [1.807, 2.05) is 0 Å². The number of likely N-dealkylation sites (tertiary alicyclic amines) is 1. The molecule has 1 aliphatic heterocycles. The molecule has 1 N–H and O–H groups in total. The van der Waals surface area contributed by atoms with Crippen molar-refractivity contribution in [1.29, 1.82) is 0 Å². The van der Waals surface area contributed by atoms with E-state index < -0.39 is 0 Å². The first-order valence-electron chi connectivity index (χ1n) is 8.81. The molecule has 0 spiro atoms. The minimum atomic E-state index is 0.889. The zero-order valence-electron chi connectivity index (χ0n) is 13.3. The Morgan fingerprint density at radius 3 is 2.20 bits per heavy atom. The van der Waals surface area contributed by atoms with Gasteiger partial charge in [-0.15, -0.1) is 0 Å². The summed E-state index contributed by atoms with van der Waals surface area (Å²) in [5.41, 5.74) is 0. The van der Waals surface area contributed by atoms with Crippen molar-refractivity contribution >= 4 is 5.96 Å². The molecule has 0 bridgehead atoms. The van der Waals surface area contributed by atoms with E-state index in [4.69, 9.17) is 4.99 Å². The number of aliphatic imine (C=N–C) groups is 1. The highest BCUT2D eigenvalue weighted by molar-refractivity contribution is 5.80. The summed E-state index contributed by atoms with van der Waals surface area (Å²) in [6.07, 6.45) is 8.50. The number of nitrogens with zero attached hydrogens (tertiary/aromatic N) is 2. The summed E-state index contributed by atoms with van der Waals surface area (Å²) >= 11 is 0. The third-order valence-corrected chi connectivity index (χ3v) is 5.32. The predicted molar refractivity (Wildman–Crippen MR) is 84.9 cm³/mol. The summed E-state index contributed by atoms with van der Waals surface area (Å²) < 4.78 is 0. The molecule has 0 aromatic carbocycles. The van der Waals surface area contributed by atoms with E-state index in [0.717, 1.165) is 36.8 Å². The zero-order valence-corrected chi connectivity index (χ0v) is 13.3. The van der Waals surface area contributed by atoms with Crippen LogP contribution in [0.1, 0.15) is 52.4 Å². The SMILES string of the molecule is CCNC(=NCC(C1CC1)C1CC1)N1CCC(C)CC1. The number of guanidine groups is 1. The summed E-state index contributed by atoms with van der Waals surface area (Å²) in [5.74, 6) is 4.99. The minimum Gasteiger partial charge on any atom is -0.357 e. The van der Waals surface area contributed by atoms with E-state index >= 15 is 0 Å². The summed E-state index contributed by atoms with van der Waals surface area (Å²) in [7, 11) is 0. The van der Waals surface area contributed by atoms with Crippen LogP contribution < -0.4 is 5.32 Å². The Balaban J connectivity index is 1.58. The van der Waals surface area contributed by atoms with E-state index in [1.165, 1.54) is 57.6 Å². The summed E-state index contributed by atoms with van der Waals surface area (Å²) in [5, 5.41) is 3.52. The van der Waals surface area contributed by atoms with Crippen LogP contribution in [0, 0.1) is 23.7 Å². The molecule has 3 nitrogen and oxygen atoms in total. The molecule has 3 fully saturated rings. The van der Waals surface area contributed by atoms with Gasteiger partial charge < -0.3 is 10.2 Å². The second-order valence-corrected chi connectivity index (χ2v) is 7.20. The predicted octanol–water partition coefficient (Wildman–Crippen LogP) is 3.12. The Labute approximate surface area is 124 Å². The van der Waals surface area contributed by atoms with Crippen molar-refractivity contribution in [2.45, 2.75) is 52.4 Å². The molecule has 3 rings (SSSR count). The molecular weight excluding hydrogens is 246 g/mol. The molecule has 3 heteroatoms.